The van der Waals surface area contributed by atoms with Crippen molar-refractivity contribution in [2.24, 2.45) is 0 Å². The Kier molecular flexibility index (Phi) is 8.64. The molecule has 5 nitrogen and oxygen atoms in total. The number of hydrogen-bond donors (Lipinski definition) is 1. The van der Waals surface area contributed by atoms with Crippen LogP contribution in [0.25, 0.3) is 0 Å². The van der Waals surface area contributed by atoms with E-state index in [0.29, 0.717) is 12.2 Å². The molecule has 30 heavy (non-hydrogen) atoms. The lowest BCUT2D eigenvalue weighted by molar-refractivity contribution is -0.143. The van der Waals surface area contributed by atoms with Crippen molar-refractivity contribution in [1.82, 2.24) is 10.2 Å². The smallest absolute Gasteiger partial charge is 0.261 e. The van der Waals surface area contributed by atoms with E-state index in [1.807, 2.05) is 39.8 Å². The van der Waals surface area contributed by atoms with E-state index in [1.165, 1.54) is 17.0 Å². The molecular formula is C23H28FIN2O3. The molecule has 0 fully saturated rings. The lowest BCUT2D eigenvalue weighted by atomic mass is 10.1. The molecule has 0 saturated heterocycles. The summed E-state index contributed by atoms with van der Waals surface area (Å²) in [7, 11) is 0. The number of rotatable bonds is 8. The lowest BCUT2D eigenvalue weighted by Crippen LogP contribution is -2.54. The average Bonchev–Trinajstić information content (AvgIpc) is 2.67. The van der Waals surface area contributed by atoms with E-state index in [9.17, 15) is 14.0 Å². The average molecular weight is 526 g/mol. The van der Waals surface area contributed by atoms with Crippen LogP contribution in [-0.2, 0) is 16.1 Å². The number of amides is 2. The summed E-state index contributed by atoms with van der Waals surface area (Å²) in [6.07, 6.45) is 0.443. The molecule has 0 aliphatic carbocycles. The van der Waals surface area contributed by atoms with Crippen LogP contribution in [-0.4, -0.2) is 34.9 Å². The van der Waals surface area contributed by atoms with Gasteiger partial charge in [0.15, 0.2) is 6.61 Å². The third-order valence-corrected chi connectivity index (χ3v) is 5.05. The van der Waals surface area contributed by atoms with Crippen LogP contribution in [0.5, 0.6) is 5.75 Å². The summed E-state index contributed by atoms with van der Waals surface area (Å²) in [5.41, 5.74) is 0.313. The normalized spacial score (nSPS) is 12.2. The highest BCUT2D eigenvalue weighted by Gasteiger charge is 2.30. The first-order chi connectivity index (χ1) is 14.1. The highest BCUT2D eigenvalue weighted by atomic mass is 127. The molecule has 0 aliphatic heterocycles. The number of hydrogen-bond acceptors (Lipinski definition) is 3. The first kappa shape index (κ1) is 24.1. The van der Waals surface area contributed by atoms with Gasteiger partial charge in [0.2, 0.25) is 5.91 Å². The predicted molar refractivity (Wildman–Crippen MR) is 124 cm³/mol. The molecule has 0 aliphatic rings. The predicted octanol–water partition coefficient (Wildman–Crippen LogP) is 4.53. The molecule has 2 aromatic carbocycles. The maximum absolute atomic E-state index is 13.3. The monoisotopic (exact) mass is 526 g/mol. The highest BCUT2D eigenvalue weighted by Crippen LogP contribution is 2.17. The largest absolute Gasteiger partial charge is 0.484 e. The van der Waals surface area contributed by atoms with Gasteiger partial charge in [0.05, 0.1) is 0 Å². The molecule has 0 bridgehead atoms. The number of carbonyl (C=O) groups excluding carboxylic acids is 2. The van der Waals surface area contributed by atoms with E-state index in [0.717, 1.165) is 9.13 Å². The second-order valence-electron chi connectivity index (χ2n) is 8.05. The van der Waals surface area contributed by atoms with Gasteiger partial charge in [-0.2, -0.15) is 0 Å². The zero-order chi connectivity index (χ0) is 22.3. The number of benzene rings is 2. The Bertz CT molecular complexity index is 848. The number of halogens is 2. The van der Waals surface area contributed by atoms with Gasteiger partial charge in [0.1, 0.15) is 17.6 Å². The first-order valence-electron chi connectivity index (χ1n) is 9.83. The SMILES string of the molecule is CC[C@@H](C(=O)NC(C)(C)C)N(Cc1ccc(F)cc1)C(=O)COc1ccc(I)cc1. The van der Waals surface area contributed by atoms with Crippen molar-refractivity contribution in [2.75, 3.05) is 6.61 Å². The van der Waals surface area contributed by atoms with Gasteiger partial charge in [-0.1, -0.05) is 19.1 Å². The Morgan fingerprint density at radius 3 is 2.23 bits per heavy atom. The molecule has 2 rings (SSSR count). The van der Waals surface area contributed by atoms with Gasteiger partial charge in [0.25, 0.3) is 5.91 Å². The molecule has 0 heterocycles. The summed E-state index contributed by atoms with van der Waals surface area (Å²) in [6.45, 7) is 7.53. The van der Waals surface area contributed by atoms with Gasteiger partial charge in [-0.15, -0.1) is 0 Å². The molecule has 7 heteroatoms. The number of ether oxygens (including phenoxy) is 1. The van der Waals surface area contributed by atoms with E-state index in [-0.39, 0.29) is 30.8 Å². The Morgan fingerprint density at radius 2 is 1.70 bits per heavy atom. The van der Waals surface area contributed by atoms with Crippen molar-refractivity contribution in [2.45, 2.75) is 52.2 Å². The zero-order valence-corrected chi connectivity index (χ0v) is 19.9. The van der Waals surface area contributed by atoms with E-state index in [1.54, 1.807) is 24.3 Å². The summed E-state index contributed by atoms with van der Waals surface area (Å²) in [4.78, 5) is 27.5. The van der Waals surface area contributed by atoms with E-state index < -0.39 is 11.6 Å². The van der Waals surface area contributed by atoms with Crippen molar-refractivity contribution >= 4 is 34.4 Å². The van der Waals surface area contributed by atoms with Crippen LogP contribution in [0.4, 0.5) is 4.39 Å². The van der Waals surface area contributed by atoms with Crippen molar-refractivity contribution in [1.29, 1.82) is 0 Å². The van der Waals surface area contributed by atoms with E-state index in [2.05, 4.69) is 27.9 Å². The van der Waals surface area contributed by atoms with Crippen LogP contribution in [0.15, 0.2) is 48.5 Å². The minimum Gasteiger partial charge on any atom is -0.484 e. The van der Waals surface area contributed by atoms with Gasteiger partial charge in [-0.3, -0.25) is 9.59 Å². The molecule has 0 spiro atoms. The van der Waals surface area contributed by atoms with Crippen molar-refractivity contribution < 1.29 is 18.7 Å². The molecule has 1 N–H and O–H groups in total. The van der Waals surface area contributed by atoms with Crippen LogP contribution in [0, 0.1) is 9.39 Å². The van der Waals surface area contributed by atoms with E-state index in [4.69, 9.17) is 4.74 Å². The van der Waals surface area contributed by atoms with E-state index >= 15 is 0 Å². The van der Waals surface area contributed by atoms with Crippen molar-refractivity contribution in [3.8, 4) is 5.75 Å². The minimum absolute atomic E-state index is 0.186. The minimum atomic E-state index is -0.665. The maximum atomic E-state index is 13.3. The first-order valence-corrected chi connectivity index (χ1v) is 10.9. The standard InChI is InChI=1S/C23H28FIN2O3/c1-5-20(22(29)26-23(2,3)4)27(14-16-6-8-17(24)9-7-16)21(28)15-30-19-12-10-18(25)11-13-19/h6-13,20H,5,14-15H2,1-4H3,(H,26,29)/t20-/m0/s1. The molecule has 0 unspecified atom stereocenters. The van der Waals surface area contributed by atoms with Crippen LogP contribution in [0.3, 0.4) is 0 Å². The van der Waals surface area contributed by atoms with Gasteiger partial charge in [0, 0.05) is 15.7 Å². The molecule has 0 radical (unpaired) electrons. The summed E-state index contributed by atoms with van der Waals surface area (Å²) in [5, 5.41) is 2.95. The second kappa shape index (κ2) is 10.7. The Labute approximate surface area is 191 Å². The summed E-state index contributed by atoms with van der Waals surface area (Å²) < 4.78 is 20.0. The van der Waals surface area contributed by atoms with Crippen LogP contribution in [0.2, 0.25) is 0 Å². The van der Waals surface area contributed by atoms with Gasteiger partial charge in [-0.05, 0) is 91.7 Å². The Hall–Kier alpha value is -2.16. The second-order valence-corrected chi connectivity index (χ2v) is 9.30. The third kappa shape index (κ3) is 7.59. The fourth-order valence-corrected chi connectivity index (χ4v) is 3.28. The number of carbonyl (C=O) groups is 2. The summed E-state index contributed by atoms with van der Waals surface area (Å²) in [6, 6.07) is 12.6. The third-order valence-electron chi connectivity index (χ3n) is 4.33. The summed E-state index contributed by atoms with van der Waals surface area (Å²) in [5.74, 6) is -0.308. The molecule has 0 saturated carbocycles. The topological polar surface area (TPSA) is 58.6 Å². The number of nitrogens with one attached hydrogen (secondary N) is 1. The quantitative estimate of drug-likeness (QED) is 0.515. The fraction of sp³-hybridized carbons (Fsp3) is 0.391. The van der Waals surface area contributed by atoms with Crippen LogP contribution >= 0.6 is 22.6 Å². The summed E-state index contributed by atoms with van der Waals surface area (Å²) >= 11 is 2.19. The van der Waals surface area contributed by atoms with Crippen molar-refractivity contribution in [3.63, 3.8) is 0 Å². The van der Waals surface area contributed by atoms with Gasteiger partial charge >= 0.3 is 0 Å². The maximum Gasteiger partial charge on any atom is 0.261 e. The molecule has 2 amide bonds. The van der Waals surface area contributed by atoms with Crippen LogP contribution in [0.1, 0.15) is 39.7 Å². The molecule has 162 valence electrons. The van der Waals surface area contributed by atoms with Crippen LogP contribution < -0.4 is 10.1 Å². The molecule has 2 aromatic rings. The lowest BCUT2D eigenvalue weighted by Gasteiger charge is -2.33. The number of nitrogens with zero attached hydrogens (tertiary/aromatic N) is 1. The molecular weight excluding hydrogens is 498 g/mol. The van der Waals surface area contributed by atoms with Gasteiger partial charge in [-0.25, -0.2) is 4.39 Å². The fourth-order valence-electron chi connectivity index (χ4n) is 2.92. The molecule has 0 aromatic heterocycles. The van der Waals surface area contributed by atoms with Crippen molar-refractivity contribution in [3.05, 3.63) is 63.5 Å². The Balaban J connectivity index is 2.21. The highest BCUT2D eigenvalue weighted by molar-refractivity contribution is 14.1. The Morgan fingerprint density at radius 1 is 1.10 bits per heavy atom. The van der Waals surface area contributed by atoms with Gasteiger partial charge < -0.3 is 15.0 Å². The molecule has 1 atom stereocenters. The zero-order valence-electron chi connectivity index (χ0n) is 17.7.